The number of nitrogens with zero attached hydrogens (tertiary/aromatic N) is 7. The zero-order chi connectivity index (χ0) is 22.8. The van der Waals surface area contributed by atoms with Crippen LogP contribution in [0.2, 0.25) is 0 Å². The molecule has 1 N–H and O–H groups in total. The largest absolute Gasteiger partial charge is 0.356 e. The number of nitrogens with one attached hydrogen (secondary N) is 1. The van der Waals surface area contributed by atoms with E-state index in [9.17, 15) is 4.79 Å². The lowest BCUT2D eigenvalue weighted by atomic mass is 10.3. The second-order valence-corrected chi connectivity index (χ2v) is 10.0. The molecule has 0 aromatic carbocycles. The van der Waals surface area contributed by atoms with Crippen LogP contribution in [0.1, 0.15) is 35.1 Å². The summed E-state index contributed by atoms with van der Waals surface area (Å²) in [5.74, 6) is 1.77. The second-order valence-electron chi connectivity index (χ2n) is 7.82. The van der Waals surface area contributed by atoms with Crippen LogP contribution in [-0.2, 0) is 6.54 Å². The van der Waals surface area contributed by atoms with Crippen LogP contribution in [0.5, 0.6) is 0 Å². The first-order valence-electron chi connectivity index (χ1n) is 11.1. The molecule has 0 aliphatic carbocycles. The number of aromatic nitrogens is 6. The minimum atomic E-state index is -0.116. The van der Waals surface area contributed by atoms with E-state index in [0.717, 1.165) is 51.7 Å². The van der Waals surface area contributed by atoms with Crippen LogP contribution in [0.25, 0.3) is 16.2 Å². The highest BCUT2D eigenvalue weighted by Gasteiger charge is 2.21. The Bertz CT molecular complexity index is 1260. The molecule has 9 nitrogen and oxygen atoms in total. The minimum Gasteiger partial charge on any atom is -0.356 e. The number of hydrogen-bond acceptors (Lipinski definition) is 8. The standard InChI is InChI=1S/C22H26N8OS2/c1-3-32-21-26-18(28-9-4-5-10-28)16-14-24-30(19(16)27-21)13-8-23-20(31)17-15(2)25-22(33-17)29-11-6-7-12-29/h6-7,11-12,14H,3-5,8-10,13H2,1-2H3,(H,23,31). The molecule has 0 atom stereocenters. The number of aryl methyl sites for hydroxylation is 1. The summed E-state index contributed by atoms with van der Waals surface area (Å²) in [6.45, 7) is 6.98. The number of fused-ring (bicyclic) bond motifs is 1. The van der Waals surface area contributed by atoms with Crippen LogP contribution in [0.4, 0.5) is 5.82 Å². The van der Waals surface area contributed by atoms with Gasteiger partial charge in [-0.1, -0.05) is 30.0 Å². The third kappa shape index (κ3) is 4.47. The van der Waals surface area contributed by atoms with E-state index < -0.39 is 0 Å². The number of carbonyl (C=O) groups excluding carboxylic acids is 1. The van der Waals surface area contributed by atoms with Crippen LogP contribution < -0.4 is 10.2 Å². The van der Waals surface area contributed by atoms with Crippen molar-refractivity contribution < 1.29 is 4.79 Å². The third-order valence-corrected chi connectivity index (χ3v) is 7.46. The fourth-order valence-corrected chi connectivity index (χ4v) is 5.48. The van der Waals surface area contributed by atoms with Gasteiger partial charge in [0.15, 0.2) is 15.9 Å². The van der Waals surface area contributed by atoms with Crippen LogP contribution in [0, 0.1) is 6.92 Å². The molecule has 1 fully saturated rings. The number of carbonyl (C=O) groups is 1. The molecule has 0 bridgehead atoms. The predicted molar refractivity (Wildman–Crippen MR) is 132 cm³/mol. The van der Waals surface area contributed by atoms with Crippen molar-refractivity contribution in [2.45, 2.75) is 38.4 Å². The van der Waals surface area contributed by atoms with Crippen molar-refractivity contribution in [3.8, 4) is 5.13 Å². The number of thioether (sulfide) groups is 1. The summed E-state index contributed by atoms with van der Waals surface area (Å²) in [6, 6.07) is 3.88. The lowest BCUT2D eigenvalue weighted by Crippen LogP contribution is -2.27. The molecule has 33 heavy (non-hydrogen) atoms. The van der Waals surface area contributed by atoms with E-state index in [1.54, 1.807) is 11.8 Å². The molecule has 5 heterocycles. The van der Waals surface area contributed by atoms with Gasteiger partial charge in [0, 0.05) is 32.0 Å². The molecule has 0 saturated carbocycles. The smallest absolute Gasteiger partial charge is 0.263 e. The maximum atomic E-state index is 12.8. The third-order valence-electron chi connectivity index (χ3n) is 5.56. The van der Waals surface area contributed by atoms with E-state index in [-0.39, 0.29) is 5.91 Å². The first-order chi connectivity index (χ1) is 16.1. The molecule has 1 amide bonds. The number of anilines is 1. The van der Waals surface area contributed by atoms with Gasteiger partial charge in [-0.3, -0.25) is 4.79 Å². The summed E-state index contributed by atoms with van der Waals surface area (Å²) in [5, 5.41) is 10.1. The van der Waals surface area contributed by atoms with Crippen LogP contribution in [-0.4, -0.2) is 60.6 Å². The minimum absolute atomic E-state index is 0.116. The summed E-state index contributed by atoms with van der Waals surface area (Å²) < 4.78 is 3.77. The summed E-state index contributed by atoms with van der Waals surface area (Å²) in [4.78, 5) is 29.8. The topological polar surface area (TPSA) is 93.8 Å². The molecule has 4 aromatic heterocycles. The Balaban J connectivity index is 1.31. The Kier molecular flexibility index (Phi) is 6.32. The first-order valence-corrected chi connectivity index (χ1v) is 12.9. The van der Waals surface area contributed by atoms with Gasteiger partial charge >= 0.3 is 0 Å². The van der Waals surface area contributed by atoms with Gasteiger partial charge in [-0.05, 0) is 37.7 Å². The van der Waals surface area contributed by atoms with Crippen molar-refractivity contribution in [3.63, 3.8) is 0 Å². The molecule has 1 saturated heterocycles. The van der Waals surface area contributed by atoms with Crippen molar-refractivity contribution >= 4 is 45.9 Å². The summed E-state index contributed by atoms with van der Waals surface area (Å²) in [7, 11) is 0. The Labute approximate surface area is 200 Å². The molecule has 1 aliphatic rings. The fourth-order valence-electron chi connectivity index (χ4n) is 3.97. The highest BCUT2D eigenvalue weighted by molar-refractivity contribution is 7.99. The molecular formula is C22H26N8OS2. The maximum Gasteiger partial charge on any atom is 0.263 e. The van der Waals surface area contributed by atoms with Gasteiger partial charge in [-0.25, -0.2) is 19.6 Å². The Morgan fingerprint density at radius 1 is 1.18 bits per heavy atom. The van der Waals surface area contributed by atoms with E-state index in [2.05, 4.69) is 27.2 Å². The van der Waals surface area contributed by atoms with Crippen molar-refractivity contribution in [1.29, 1.82) is 0 Å². The van der Waals surface area contributed by atoms with Gasteiger partial charge in [-0.2, -0.15) is 5.10 Å². The zero-order valence-electron chi connectivity index (χ0n) is 18.7. The van der Waals surface area contributed by atoms with E-state index >= 15 is 0 Å². The zero-order valence-corrected chi connectivity index (χ0v) is 20.3. The van der Waals surface area contributed by atoms with E-state index in [1.165, 1.54) is 24.2 Å². The van der Waals surface area contributed by atoms with Crippen LogP contribution >= 0.6 is 23.1 Å². The van der Waals surface area contributed by atoms with Gasteiger partial charge in [-0.15, -0.1) is 0 Å². The fraction of sp³-hybridized carbons (Fsp3) is 0.409. The van der Waals surface area contributed by atoms with Gasteiger partial charge in [0.2, 0.25) is 0 Å². The molecule has 172 valence electrons. The second kappa shape index (κ2) is 9.52. The monoisotopic (exact) mass is 482 g/mol. The van der Waals surface area contributed by atoms with Gasteiger partial charge in [0.05, 0.1) is 23.8 Å². The Morgan fingerprint density at radius 3 is 2.73 bits per heavy atom. The Morgan fingerprint density at radius 2 is 1.97 bits per heavy atom. The maximum absolute atomic E-state index is 12.8. The molecule has 1 aliphatic heterocycles. The quantitative estimate of drug-likeness (QED) is 0.303. The molecule has 5 rings (SSSR count). The summed E-state index contributed by atoms with van der Waals surface area (Å²) >= 11 is 3.02. The van der Waals surface area contributed by atoms with Crippen molar-refractivity contribution in [1.82, 2.24) is 34.6 Å². The summed E-state index contributed by atoms with van der Waals surface area (Å²) in [6.07, 6.45) is 8.07. The van der Waals surface area contributed by atoms with Gasteiger partial charge < -0.3 is 14.8 Å². The van der Waals surface area contributed by atoms with E-state index in [4.69, 9.17) is 9.97 Å². The number of amides is 1. The summed E-state index contributed by atoms with van der Waals surface area (Å²) in [5.41, 5.74) is 1.55. The number of thiazole rings is 1. The lowest BCUT2D eigenvalue weighted by Gasteiger charge is -2.17. The molecule has 0 radical (unpaired) electrons. The highest BCUT2D eigenvalue weighted by Crippen LogP contribution is 2.29. The Hall–Kier alpha value is -2.92. The lowest BCUT2D eigenvalue weighted by molar-refractivity contribution is 0.0955. The molecule has 11 heteroatoms. The van der Waals surface area contributed by atoms with E-state index in [0.29, 0.717) is 18.0 Å². The normalized spacial score (nSPS) is 13.8. The predicted octanol–water partition coefficient (Wildman–Crippen LogP) is 3.52. The average Bonchev–Trinajstić information content (AvgIpc) is 3.60. The number of hydrogen-bond donors (Lipinski definition) is 1. The van der Waals surface area contributed by atoms with Crippen molar-refractivity contribution in [2.24, 2.45) is 0 Å². The average molecular weight is 483 g/mol. The van der Waals surface area contributed by atoms with Gasteiger partial charge in [0.25, 0.3) is 5.91 Å². The molecular weight excluding hydrogens is 456 g/mol. The van der Waals surface area contributed by atoms with E-state index in [1.807, 2.05) is 46.9 Å². The van der Waals surface area contributed by atoms with Crippen molar-refractivity contribution in [3.05, 3.63) is 41.3 Å². The molecule has 4 aromatic rings. The SMILES string of the molecule is CCSc1nc(N2CCCC2)c2cnn(CCNC(=O)c3sc(-n4cccc4)nc3C)c2n1. The van der Waals surface area contributed by atoms with Crippen LogP contribution in [0.15, 0.2) is 35.9 Å². The van der Waals surface area contributed by atoms with Crippen LogP contribution in [0.3, 0.4) is 0 Å². The highest BCUT2D eigenvalue weighted by atomic mass is 32.2. The first kappa shape index (κ1) is 21.9. The van der Waals surface area contributed by atoms with Crippen molar-refractivity contribution in [2.75, 3.05) is 30.3 Å². The number of rotatable bonds is 8. The molecule has 0 unspecified atom stereocenters. The molecule has 0 spiro atoms. The van der Waals surface area contributed by atoms with Gasteiger partial charge in [0.1, 0.15) is 10.7 Å².